The van der Waals surface area contributed by atoms with Crippen molar-refractivity contribution in [1.82, 2.24) is 24.3 Å². The molecule has 0 spiro atoms. The van der Waals surface area contributed by atoms with Crippen molar-refractivity contribution in [3.8, 4) is 23.2 Å². The van der Waals surface area contributed by atoms with Crippen molar-refractivity contribution in [3.63, 3.8) is 0 Å². The zero-order valence-electron chi connectivity index (χ0n) is 22.6. The standard InChI is InChI=1S/C30H26F3N7O2/c1-2-3-25(41)39-13-10-20(16-39)26-23-9-12-36-29(34)40(23)27(38-26)19-6-7-21(22(14-19)30(31,32)33)28(42)37-24-15-18(8-11-35-24)17-4-5-17/h6-9,11-12,14-15,17,20H,4-5,10,13,16H2,1H3,(H2,34,36)(H,35,37,42). The fourth-order valence-corrected chi connectivity index (χ4v) is 5.42. The summed E-state index contributed by atoms with van der Waals surface area (Å²) in [5.41, 5.74) is 6.80. The summed E-state index contributed by atoms with van der Waals surface area (Å²) in [7, 11) is 0. The van der Waals surface area contributed by atoms with E-state index in [9.17, 15) is 22.8 Å². The highest BCUT2D eigenvalue weighted by molar-refractivity contribution is 6.05. The van der Waals surface area contributed by atoms with E-state index in [2.05, 4.69) is 27.1 Å². The van der Waals surface area contributed by atoms with E-state index < -0.39 is 23.2 Å². The van der Waals surface area contributed by atoms with Crippen LogP contribution < -0.4 is 11.1 Å². The highest BCUT2D eigenvalue weighted by Crippen LogP contribution is 2.41. The minimum Gasteiger partial charge on any atom is -0.369 e. The number of likely N-dealkylation sites (tertiary alicyclic amines) is 1. The van der Waals surface area contributed by atoms with Crippen molar-refractivity contribution in [2.75, 3.05) is 24.1 Å². The monoisotopic (exact) mass is 573 g/mol. The van der Waals surface area contributed by atoms with E-state index in [0.29, 0.717) is 36.6 Å². The van der Waals surface area contributed by atoms with Gasteiger partial charge in [0.25, 0.3) is 11.8 Å². The van der Waals surface area contributed by atoms with Gasteiger partial charge in [-0.3, -0.25) is 14.0 Å². The number of fused-ring (bicyclic) bond motifs is 1. The third-order valence-corrected chi connectivity index (χ3v) is 7.61. The quantitative estimate of drug-likeness (QED) is 0.329. The van der Waals surface area contributed by atoms with Crippen molar-refractivity contribution >= 4 is 29.1 Å². The molecular formula is C30H26F3N7O2. The van der Waals surface area contributed by atoms with Gasteiger partial charge in [0.15, 0.2) is 0 Å². The SMILES string of the molecule is CC#CC(=O)N1CCC(c2nc(-c3ccc(C(=O)Nc4cc(C5CC5)ccn4)c(C(F)(F)F)c3)n3c(N)nccc23)C1. The number of pyridine rings is 1. The average Bonchev–Trinajstić information content (AvgIpc) is 3.56. The Bertz CT molecular complexity index is 1780. The second-order valence-electron chi connectivity index (χ2n) is 10.4. The third-order valence-electron chi connectivity index (χ3n) is 7.61. The van der Waals surface area contributed by atoms with Crippen LogP contribution in [0.2, 0.25) is 0 Å². The number of amides is 2. The highest BCUT2D eigenvalue weighted by atomic mass is 19.4. The van der Waals surface area contributed by atoms with E-state index in [-0.39, 0.29) is 35.0 Å². The van der Waals surface area contributed by atoms with Gasteiger partial charge >= 0.3 is 6.18 Å². The molecular weight excluding hydrogens is 547 g/mol. The summed E-state index contributed by atoms with van der Waals surface area (Å²) in [6.07, 6.45) is 0.874. The Hall–Kier alpha value is -4.92. The Morgan fingerprint density at radius 1 is 1.05 bits per heavy atom. The normalized spacial score (nSPS) is 16.8. The lowest BCUT2D eigenvalue weighted by Crippen LogP contribution is -2.26. The van der Waals surface area contributed by atoms with E-state index >= 15 is 0 Å². The van der Waals surface area contributed by atoms with Crippen molar-refractivity contribution in [1.29, 1.82) is 0 Å². The van der Waals surface area contributed by atoms with Crippen LogP contribution in [-0.2, 0) is 11.0 Å². The first-order chi connectivity index (χ1) is 20.1. The summed E-state index contributed by atoms with van der Waals surface area (Å²) in [5, 5.41) is 2.51. The molecule has 4 heterocycles. The van der Waals surface area contributed by atoms with Gasteiger partial charge in [-0.05, 0) is 73.9 Å². The molecule has 0 bridgehead atoms. The summed E-state index contributed by atoms with van der Waals surface area (Å²) >= 11 is 0. The van der Waals surface area contributed by atoms with Gasteiger partial charge in [0.1, 0.15) is 11.6 Å². The second-order valence-corrected chi connectivity index (χ2v) is 10.4. The van der Waals surface area contributed by atoms with Gasteiger partial charge < -0.3 is 16.0 Å². The molecule has 2 amide bonds. The van der Waals surface area contributed by atoms with Crippen molar-refractivity contribution < 1.29 is 22.8 Å². The maximum absolute atomic E-state index is 14.3. The molecule has 2 aliphatic rings. The van der Waals surface area contributed by atoms with Crippen LogP contribution in [0.5, 0.6) is 0 Å². The molecule has 3 N–H and O–H groups in total. The number of carbonyl (C=O) groups is 2. The summed E-state index contributed by atoms with van der Waals surface area (Å²) in [6, 6.07) is 8.66. The van der Waals surface area contributed by atoms with Crippen LogP contribution in [0.1, 0.15) is 65.2 Å². The van der Waals surface area contributed by atoms with Crippen LogP contribution in [-0.4, -0.2) is 49.2 Å². The molecule has 1 aliphatic carbocycles. The summed E-state index contributed by atoms with van der Waals surface area (Å²) in [5.74, 6) is 4.53. The van der Waals surface area contributed by atoms with Crippen LogP contribution in [0.25, 0.3) is 16.9 Å². The Morgan fingerprint density at radius 3 is 2.57 bits per heavy atom. The van der Waals surface area contributed by atoms with Crippen LogP contribution in [0.15, 0.2) is 48.8 Å². The molecule has 4 aromatic rings. The molecule has 9 nitrogen and oxygen atoms in total. The summed E-state index contributed by atoms with van der Waals surface area (Å²) in [4.78, 5) is 39.9. The summed E-state index contributed by atoms with van der Waals surface area (Å²) in [6.45, 7) is 2.43. The number of anilines is 2. The molecule has 0 radical (unpaired) electrons. The minimum absolute atomic E-state index is 0.0426. The molecule has 2 fully saturated rings. The number of carbonyl (C=O) groups excluding carboxylic acids is 2. The molecule has 42 heavy (non-hydrogen) atoms. The molecule has 1 unspecified atom stereocenters. The van der Waals surface area contributed by atoms with Crippen LogP contribution >= 0.6 is 0 Å². The molecule has 1 atom stereocenters. The van der Waals surface area contributed by atoms with Gasteiger partial charge in [0, 0.05) is 37.0 Å². The highest BCUT2D eigenvalue weighted by Gasteiger charge is 2.37. The molecule has 12 heteroatoms. The van der Waals surface area contributed by atoms with Gasteiger partial charge in [0.2, 0.25) is 5.95 Å². The van der Waals surface area contributed by atoms with E-state index in [1.54, 1.807) is 24.0 Å². The first-order valence-corrected chi connectivity index (χ1v) is 13.5. The molecule has 6 rings (SSSR count). The number of alkyl halides is 3. The van der Waals surface area contributed by atoms with Crippen LogP contribution in [0.3, 0.4) is 0 Å². The van der Waals surface area contributed by atoms with Gasteiger partial charge in [-0.15, -0.1) is 0 Å². The number of aromatic nitrogens is 4. The lowest BCUT2D eigenvalue weighted by Gasteiger charge is -2.15. The Balaban J connectivity index is 1.37. The Morgan fingerprint density at radius 2 is 1.83 bits per heavy atom. The molecule has 1 aromatic carbocycles. The number of hydrogen-bond donors (Lipinski definition) is 2. The number of benzene rings is 1. The fraction of sp³-hybridized carbons (Fsp3) is 0.300. The van der Waals surface area contributed by atoms with E-state index in [4.69, 9.17) is 10.7 Å². The first kappa shape index (κ1) is 27.3. The molecule has 1 aliphatic heterocycles. The maximum atomic E-state index is 14.3. The number of halogens is 3. The van der Waals surface area contributed by atoms with Crippen molar-refractivity contribution in [2.45, 2.75) is 44.2 Å². The van der Waals surface area contributed by atoms with E-state index in [0.717, 1.165) is 30.5 Å². The maximum Gasteiger partial charge on any atom is 0.417 e. The molecule has 3 aromatic heterocycles. The van der Waals surface area contributed by atoms with E-state index in [1.807, 2.05) is 6.07 Å². The average molecular weight is 574 g/mol. The third kappa shape index (κ3) is 5.13. The lowest BCUT2D eigenvalue weighted by molar-refractivity contribution is -0.137. The zero-order valence-corrected chi connectivity index (χ0v) is 22.6. The predicted octanol–water partition coefficient (Wildman–Crippen LogP) is 4.86. The second kappa shape index (κ2) is 10.5. The predicted molar refractivity (Wildman–Crippen MR) is 149 cm³/mol. The first-order valence-electron chi connectivity index (χ1n) is 13.5. The topological polar surface area (TPSA) is 119 Å². The van der Waals surface area contributed by atoms with Crippen LogP contribution in [0, 0.1) is 11.8 Å². The fourth-order valence-electron chi connectivity index (χ4n) is 5.42. The lowest BCUT2D eigenvalue weighted by atomic mass is 10.0. The van der Waals surface area contributed by atoms with Crippen LogP contribution in [0.4, 0.5) is 24.9 Å². The Kier molecular flexibility index (Phi) is 6.80. The zero-order chi connectivity index (χ0) is 29.6. The smallest absolute Gasteiger partial charge is 0.369 e. The Labute approximate surface area is 239 Å². The van der Waals surface area contributed by atoms with Gasteiger partial charge in [-0.2, -0.15) is 13.2 Å². The van der Waals surface area contributed by atoms with E-state index in [1.165, 1.54) is 22.9 Å². The number of nitrogens with two attached hydrogens (primary N) is 1. The number of rotatable bonds is 5. The van der Waals surface area contributed by atoms with Crippen molar-refractivity contribution in [3.05, 3.63) is 71.2 Å². The number of nitrogens with zero attached hydrogens (tertiary/aromatic N) is 5. The summed E-state index contributed by atoms with van der Waals surface area (Å²) < 4.78 is 44.5. The van der Waals surface area contributed by atoms with Gasteiger partial charge in [-0.1, -0.05) is 12.0 Å². The largest absolute Gasteiger partial charge is 0.417 e. The molecule has 1 saturated heterocycles. The number of imidazole rings is 1. The number of hydrogen-bond acceptors (Lipinski definition) is 6. The number of nitrogen functional groups attached to an aromatic ring is 1. The van der Waals surface area contributed by atoms with Gasteiger partial charge in [-0.25, -0.2) is 15.0 Å². The number of nitrogens with one attached hydrogen (secondary N) is 1. The van der Waals surface area contributed by atoms with Gasteiger partial charge in [0.05, 0.1) is 22.3 Å². The molecule has 1 saturated carbocycles. The minimum atomic E-state index is -4.84. The van der Waals surface area contributed by atoms with Crippen molar-refractivity contribution in [2.24, 2.45) is 0 Å². The molecule has 214 valence electrons.